The van der Waals surface area contributed by atoms with Crippen LogP contribution in [0, 0.1) is 5.92 Å². The average molecular weight is 319 g/mol. The van der Waals surface area contributed by atoms with Gasteiger partial charge in [0.05, 0.1) is 16.8 Å². The maximum absolute atomic E-state index is 12.0. The van der Waals surface area contributed by atoms with Crippen LogP contribution in [0.25, 0.3) is 22.6 Å². The smallest absolute Gasteiger partial charge is 0.336 e. The Balaban J connectivity index is 2.02. The lowest BCUT2D eigenvalue weighted by Crippen LogP contribution is -2.17. The van der Waals surface area contributed by atoms with Gasteiger partial charge < -0.3 is 10.1 Å². The van der Waals surface area contributed by atoms with Crippen LogP contribution in [0.1, 0.15) is 40.8 Å². The van der Waals surface area contributed by atoms with E-state index in [1.54, 1.807) is 12.4 Å². The summed E-state index contributed by atoms with van der Waals surface area (Å²) in [6.45, 7) is 2.14. The molecule has 0 radical (unpaired) electrons. The molecule has 5 nitrogen and oxygen atoms in total. The molecule has 0 saturated carbocycles. The molecular weight excluding hydrogens is 302 g/mol. The molecule has 0 spiro atoms. The maximum atomic E-state index is 12.0. The molecule has 2 aromatic heterocycles. The third kappa shape index (κ3) is 2.38. The van der Waals surface area contributed by atoms with E-state index in [2.05, 4.69) is 16.9 Å². The van der Waals surface area contributed by atoms with Gasteiger partial charge in [-0.1, -0.05) is 25.1 Å². The predicted molar refractivity (Wildman–Crippen MR) is 92.6 cm³/mol. The van der Waals surface area contributed by atoms with Crippen molar-refractivity contribution in [2.75, 3.05) is 0 Å². The fourth-order valence-electron chi connectivity index (χ4n) is 3.50. The van der Waals surface area contributed by atoms with Crippen LogP contribution in [0.5, 0.6) is 0 Å². The molecule has 1 aromatic carbocycles. The van der Waals surface area contributed by atoms with Gasteiger partial charge in [0, 0.05) is 17.8 Å². The lowest BCUT2D eigenvalue weighted by Gasteiger charge is -2.25. The van der Waals surface area contributed by atoms with Gasteiger partial charge in [-0.25, -0.2) is 14.8 Å². The lowest BCUT2D eigenvalue weighted by atomic mass is 9.81. The topological polar surface area (TPSA) is 78.9 Å². The van der Waals surface area contributed by atoms with Crippen LogP contribution in [0.15, 0.2) is 36.7 Å². The highest BCUT2D eigenvalue weighted by molar-refractivity contribution is 6.05. The summed E-state index contributed by atoms with van der Waals surface area (Å²) in [5.41, 5.74) is 3.76. The first-order valence-corrected chi connectivity index (χ1v) is 7.98. The van der Waals surface area contributed by atoms with E-state index in [1.165, 1.54) is 0 Å². The van der Waals surface area contributed by atoms with Gasteiger partial charge in [-0.15, -0.1) is 0 Å². The van der Waals surface area contributed by atoms with Gasteiger partial charge in [0.15, 0.2) is 0 Å². The van der Waals surface area contributed by atoms with Gasteiger partial charge in [0.25, 0.3) is 0 Å². The molecule has 1 atom stereocenters. The number of para-hydroxylation sites is 1. The molecule has 5 heteroatoms. The number of aromatic nitrogens is 3. The van der Waals surface area contributed by atoms with E-state index < -0.39 is 5.97 Å². The summed E-state index contributed by atoms with van der Waals surface area (Å²) in [5.74, 6) is 0.230. The fourth-order valence-corrected chi connectivity index (χ4v) is 3.50. The molecular formula is C19H17N3O2. The van der Waals surface area contributed by atoms with Crippen molar-refractivity contribution in [2.45, 2.75) is 19.8 Å². The van der Waals surface area contributed by atoms with Crippen molar-refractivity contribution >= 4 is 28.5 Å². The minimum Gasteiger partial charge on any atom is -0.478 e. The van der Waals surface area contributed by atoms with Gasteiger partial charge in [-0.2, -0.15) is 0 Å². The molecule has 1 aliphatic carbocycles. The number of hydrogen-bond acceptors (Lipinski definition) is 3. The zero-order valence-electron chi connectivity index (χ0n) is 13.3. The number of aromatic amines is 1. The number of carboxylic acids is 1. The van der Waals surface area contributed by atoms with E-state index in [-0.39, 0.29) is 0 Å². The standard InChI is InChI=1S/C19H17N3O2/c1-11-8-12(10-16-20-6-7-21-16)18-14(9-11)17(19(23)24)13-4-2-3-5-15(13)22-18/h2-7,10-11H,8-9H2,1H3,(H,20,21)(H,23,24)/b12-10-/t11-/m0/s1. The number of allylic oxidation sites excluding steroid dienone is 1. The second-order valence-corrected chi connectivity index (χ2v) is 6.29. The number of benzene rings is 1. The fraction of sp³-hybridized carbons (Fsp3) is 0.211. The number of nitrogens with zero attached hydrogens (tertiary/aromatic N) is 2. The number of fused-ring (bicyclic) bond motifs is 2. The third-order valence-electron chi connectivity index (χ3n) is 4.46. The van der Waals surface area contributed by atoms with Crippen molar-refractivity contribution in [3.8, 4) is 0 Å². The monoisotopic (exact) mass is 319 g/mol. The summed E-state index contributed by atoms with van der Waals surface area (Å²) in [5, 5.41) is 10.5. The second kappa shape index (κ2) is 5.60. The normalized spacial score (nSPS) is 18.7. The van der Waals surface area contributed by atoms with Crippen LogP contribution in [-0.2, 0) is 6.42 Å². The Bertz CT molecular complexity index is 958. The van der Waals surface area contributed by atoms with Crippen molar-refractivity contribution in [2.24, 2.45) is 5.92 Å². The first-order chi connectivity index (χ1) is 11.6. The number of rotatable bonds is 2. The molecule has 0 unspecified atom stereocenters. The highest BCUT2D eigenvalue weighted by Gasteiger charge is 2.27. The van der Waals surface area contributed by atoms with E-state index in [1.807, 2.05) is 30.3 Å². The van der Waals surface area contributed by atoms with Crippen LogP contribution in [0.2, 0.25) is 0 Å². The largest absolute Gasteiger partial charge is 0.478 e. The van der Waals surface area contributed by atoms with E-state index in [4.69, 9.17) is 4.98 Å². The van der Waals surface area contributed by atoms with Crippen molar-refractivity contribution in [1.29, 1.82) is 0 Å². The summed E-state index contributed by atoms with van der Waals surface area (Å²) in [7, 11) is 0. The lowest BCUT2D eigenvalue weighted by molar-refractivity contribution is 0.0697. The summed E-state index contributed by atoms with van der Waals surface area (Å²) >= 11 is 0. The molecule has 24 heavy (non-hydrogen) atoms. The van der Waals surface area contributed by atoms with Crippen molar-refractivity contribution in [3.63, 3.8) is 0 Å². The molecule has 1 aliphatic rings. The molecule has 2 N–H and O–H groups in total. The van der Waals surface area contributed by atoms with Crippen LogP contribution < -0.4 is 0 Å². The number of aromatic carboxylic acids is 1. The molecule has 0 fully saturated rings. The molecule has 0 saturated heterocycles. The molecule has 0 amide bonds. The number of carboxylic acid groups (broad SMARTS) is 1. The Morgan fingerprint density at radius 2 is 2.17 bits per heavy atom. The number of H-pyrrole nitrogens is 1. The van der Waals surface area contributed by atoms with E-state index >= 15 is 0 Å². The van der Waals surface area contributed by atoms with Crippen LogP contribution in [0.3, 0.4) is 0 Å². The van der Waals surface area contributed by atoms with E-state index in [0.717, 1.165) is 35.5 Å². The van der Waals surface area contributed by atoms with Gasteiger partial charge >= 0.3 is 5.97 Å². The molecule has 0 bridgehead atoms. The molecule has 120 valence electrons. The summed E-state index contributed by atoms with van der Waals surface area (Å²) < 4.78 is 0. The molecule has 0 aliphatic heterocycles. The zero-order chi connectivity index (χ0) is 16.7. The van der Waals surface area contributed by atoms with Gasteiger partial charge in [0.2, 0.25) is 0 Å². The van der Waals surface area contributed by atoms with Crippen molar-refractivity contribution in [3.05, 3.63) is 59.3 Å². The van der Waals surface area contributed by atoms with Crippen LogP contribution in [-0.4, -0.2) is 26.0 Å². The SMILES string of the molecule is C[C@H]1C/C(=C/c2ncc[nH]2)c2nc3ccccc3c(C(=O)O)c2C1. The van der Waals surface area contributed by atoms with Crippen LogP contribution in [0.4, 0.5) is 0 Å². The second-order valence-electron chi connectivity index (χ2n) is 6.29. The summed E-state index contributed by atoms with van der Waals surface area (Å²) in [4.78, 5) is 24.1. The maximum Gasteiger partial charge on any atom is 0.336 e. The predicted octanol–water partition coefficient (Wildman–Crippen LogP) is 3.78. The summed E-state index contributed by atoms with van der Waals surface area (Å²) in [6, 6.07) is 7.44. The minimum absolute atomic E-state index is 0.361. The van der Waals surface area contributed by atoms with Crippen molar-refractivity contribution < 1.29 is 9.90 Å². The molecule has 3 aromatic rings. The van der Waals surface area contributed by atoms with Crippen molar-refractivity contribution in [1.82, 2.24) is 15.0 Å². The Labute approximate surface area is 139 Å². The average Bonchev–Trinajstić information content (AvgIpc) is 3.05. The highest BCUT2D eigenvalue weighted by Crippen LogP contribution is 2.38. The Morgan fingerprint density at radius 1 is 1.33 bits per heavy atom. The highest BCUT2D eigenvalue weighted by atomic mass is 16.4. The number of hydrogen-bond donors (Lipinski definition) is 2. The van der Waals surface area contributed by atoms with Gasteiger partial charge in [0.1, 0.15) is 5.82 Å². The first-order valence-electron chi connectivity index (χ1n) is 7.98. The molecule has 2 heterocycles. The zero-order valence-corrected chi connectivity index (χ0v) is 13.3. The Kier molecular flexibility index (Phi) is 3.41. The minimum atomic E-state index is -0.892. The first kappa shape index (κ1) is 14.6. The number of carbonyl (C=O) groups is 1. The van der Waals surface area contributed by atoms with Gasteiger partial charge in [-0.3, -0.25) is 0 Å². The number of nitrogens with one attached hydrogen (secondary N) is 1. The van der Waals surface area contributed by atoms with E-state index in [9.17, 15) is 9.90 Å². The third-order valence-corrected chi connectivity index (χ3v) is 4.46. The quantitative estimate of drug-likeness (QED) is 0.753. The van der Waals surface area contributed by atoms with Crippen LogP contribution >= 0.6 is 0 Å². The molecule has 4 rings (SSSR count). The summed E-state index contributed by atoms with van der Waals surface area (Å²) in [6.07, 6.45) is 7.04. The Hall–Kier alpha value is -2.95. The number of imidazole rings is 1. The Morgan fingerprint density at radius 3 is 2.92 bits per heavy atom. The van der Waals surface area contributed by atoms with Gasteiger partial charge in [-0.05, 0) is 42.0 Å². The number of pyridine rings is 1. The van der Waals surface area contributed by atoms with E-state index in [0.29, 0.717) is 22.4 Å².